The Morgan fingerprint density at radius 2 is 1.76 bits per heavy atom. The highest BCUT2D eigenvalue weighted by atomic mass is 32.2. The molecular formula is C16H23N2O2S. The van der Waals surface area contributed by atoms with Gasteiger partial charge in [-0.3, -0.25) is 4.90 Å². The van der Waals surface area contributed by atoms with Crippen molar-refractivity contribution in [2.45, 2.75) is 6.92 Å². The molecule has 1 aliphatic rings. The number of nitrogens with zero attached hydrogens (tertiary/aromatic N) is 2. The van der Waals surface area contributed by atoms with Crippen LogP contribution in [0.15, 0.2) is 30.3 Å². The van der Waals surface area contributed by atoms with E-state index in [9.17, 15) is 8.42 Å². The molecule has 1 aromatic rings. The highest BCUT2D eigenvalue weighted by Crippen LogP contribution is 2.09. The van der Waals surface area contributed by atoms with Gasteiger partial charge in [0.1, 0.15) is 0 Å². The minimum Gasteiger partial charge on any atom is -0.297 e. The van der Waals surface area contributed by atoms with Crippen molar-refractivity contribution in [1.29, 1.82) is 0 Å². The predicted molar refractivity (Wildman–Crippen MR) is 87.4 cm³/mol. The summed E-state index contributed by atoms with van der Waals surface area (Å²) in [5.74, 6) is 0.190. The summed E-state index contributed by atoms with van der Waals surface area (Å²) < 4.78 is 25.1. The fourth-order valence-electron chi connectivity index (χ4n) is 2.34. The minimum absolute atomic E-state index is 0.190. The molecule has 1 radical (unpaired) electrons. The topological polar surface area (TPSA) is 40.6 Å². The Hall–Kier alpha value is -1.17. The lowest BCUT2D eigenvalue weighted by Crippen LogP contribution is -2.48. The third-order valence-corrected chi connectivity index (χ3v) is 5.62. The summed E-state index contributed by atoms with van der Waals surface area (Å²) in [5.41, 5.74) is 2.18. The van der Waals surface area contributed by atoms with Crippen molar-refractivity contribution in [2.75, 3.05) is 38.5 Å². The summed E-state index contributed by atoms with van der Waals surface area (Å²) in [5, 5.41) is 0. The van der Waals surface area contributed by atoms with Crippen molar-refractivity contribution < 1.29 is 8.42 Å². The van der Waals surface area contributed by atoms with E-state index < -0.39 is 10.0 Å². The van der Waals surface area contributed by atoms with Crippen LogP contribution < -0.4 is 0 Å². The van der Waals surface area contributed by atoms with E-state index >= 15 is 0 Å². The summed E-state index contributed by atoms with van der Waals surface area (Å²) in [4.78, 5) is 2.27. The molecule has 0 N–H and O–H groups in total. The molecule has 0 bridgehead atoms. The Balaban J connectivity index is 1.80. The monoisotopic (exact) mass is 307 g/mol. The molecule has 1 fully saturated rings. The number of benzene rings is 1. The van der Waals surface area contributed by atoms with Crippen molar-refractivity contribution in [2.24, 2.45) is 0 Å². The first-order chi connectivity index (χ1) is 10.0. The third kappa shape index (κ3) is 4.66. The molecule has 2 rings (SSSR count). The van der Waals surface area contributed by atoms with Crippen LogP contribution in [0.5, 0.6) is 0 Å². The third-order valence-electron chi connectivity index (χ3n) is 3.74. The van der Waals surface area contributed by atoms with Crippen LogP contribution in [0.2, 0.25) is 0 Å². The van der Waals surface area contributed by atoms with Gasteiger partial charge in [0.05, 0.1) is 5.75 Å². The fraction of sp³-hybridized carbons (Fsp3) is 0.438. The van der Waals surface area contributed by atoms with Crippen LogP contribution in [0, 0.1) is 6.92 Å². The first-order valence-electron chi connectivity index (χ1n) is 7.30. The molecule has 4 nitrogen and oxygen atoms in total. The van der Waals surface area contributed by atoms with E-state index in [1.807, 2.05) is 24.3 Å². The maximum Gasteiger partial charge on any atom is 0.213 e. The van der Waals surface area contributed by atoms with Crippen molar-refractivity contribution >= 4 is 16.1 Å². The van der Waals surface area contributed by atoms with Crippen LogP contribution in [0.3, 0.4) is 0 Å². The van der Waals surface area contributed by atoms with Crippen molar-refractivity contribution in [3.8, 4) is 0 Å². The number of rotatable bonds is 5. The molecule has 115 valence electrons. The Labute approximate surface area is 128 Å². The highest BCUT2D eigenvalue weighted by Gasteiger charge is 2.24. The van der Waals surface area contributed by atoms with Gasteiger partial charge in [-0.2, -0.15) is 4.31 Å². The zero-order chi connectivity index (χ0) is 15.3. The first-order valence-corrected chi connectivity index (χ1v) is 8.91. The van der Waals surface area contributed by atoms with Crippen LogP contribution in [-0.4, -0.2) is 56.1 Å². The number of sulfonamides is 1. The Bertz CT molecular complexity index is 571. The van der Waals surface area contributed by atoms with Crippen LogP contribution in [-0.2, 0) is 10.0 Å². The molecule has 5 heteroatoms. The maximum atomic E-state index is 11.8. The lowest BCUT2D eigenvalue weighted by atomic mass is 10.1. The second kappa shape index (κ2) is 7.20. The molecule has 1 heterocycles. The largest absolute Gasteiger partial charge is 0.297 e. The van der Waals surface area contributed by atoms with E-state index in [-0.39, 0.29) is 5.75 Å². The molecule has 0 unspecified atom stereocenters. The van der Waals surface area contributed by atoms with Gasteiger partial charge in [0, 0.05) is 32.7 Å². The Morgan fingerprint density at radius 1 is 1.14 bits per heavy atom. The van der Waals surface area contributed by atoms with Gasteiger partial charge in [0.15, 0.2) is 0 Å². The molecule has 0 amide bonds. The zero-order valence-electron chi connectivity index (χ0n) is 12.5. The first kappa shape index (κ1) is 16.2. The molecule has 1 aromatic carbocycles. The smallest absolute Gasteiger partial charge is 0.213 e. The summed E-state index contributed by atoms with van der Waals surface area (Å²) in [6, 6.07) is 8.08. The van der Waals surface area contributed by atoms with E-state index in [1.165, 1.54) is 0 Å². The highest BCUT2D eigenvalue weighted by molar-refractivity contribution is 7.89. The van der Waals surface area contributed by atoms with Crippen LogP contribution in [0.1, 0.15) is 18.1 Å². The summed E-state index contributed by atoms with van der Waals surface area (Å²) in [6.45, 7) is 9.19. The molecule has 1 aliphatic heterocycles. The molecule has 0 aliphatic carbocycles. The van der Waals surface area contributed by atoms with Gasteiger partial charge >= 0.3 is 0 Å². The molecular weight excluding hydrogens is 284 g/mol. The molecule has 0 spiro atoms. The molecule has 0 saturated carbocycles. The SMILES string of the molecule is [CH2]c1ccc(/C=C/CN2CCN(S(=O)(=O)CC)CC2)cc1. The molecule has 0 atom stereocenters. The fourth-order valence-corrected chi connectivity index (χ4v) is 3.42. The Kier molecular flexibility index (Phi) is 5.56. The van der Waals surface area contributed by atoms with Crippen molar-refractivity contribution in [1.82, 2.24) is 9.21 Å². The Morgan fingerprint density at radius 3 is 2.33 bits per heavy atom. The average molecular weight is 307 g/mol. The maximum absolute atomic E-state index is 11.8. The summed E-state index contributed by atoms with van der Waals surface area (Å²) in [6.07, 6.45) is 4.22. The van der Waals surface area contributed by atoms with E-state index in [0.29, 0.717) is 13.1 Å². The standard InChI is InChI=1S/C16H23N2O2S/c1-3-21(19,20)18-13-11-17(12-14-18)10-4-5-16-8-6-15(2)7-9-16/h4-9H,2-3,10-14H2,1H3/b5-4+. The summed E-state index contributed by atoms with van der Waals surface area (Å²) >= 11 is 0. The molecule has 1 saturated heterocycles. The van der Waals surface area contributed by atoms with Gasteiger partial charge in [-0.25, -0.2) is 8.42 Å². The number of piperazine rings is 1. The van der Waals surface area contributed by atoms with Gasteiger partial charge in [-0.15, -0.1) is 0 Å². The second-order valence-electron chi connectivity index (χ2n) is 5.24. The average Bonchev–Trinajstić information content (AvgIpc) is 2.50. The lowest BCUT2D eigenvalue weighted by Gasteiger charge is -2.33. The van der Waals surface area contributed by atoms with Gasteiger partial charge in [0.2, 0.25) is 10.0 Å². The normalized spacial score (nSPS) is 18.4. The molecule has 21 heavy (non-hydrogen) atoms. The number of hydrogen-bond donors (Lipinski definition) is 0. The number of hydrogen-bond acceptors (Lipinski definition) is 3. The van der Waals surface area contributed by atoms with E-state index in [2.05, 4.69) is 24.0 Å². The second-order valence-corrected chi connectivity index (χ2v) is 7.50. The lowest BCUT2D eigenvalue weighted by molar-refractivity contribution is 0.205. The van der Waals surface area contributed by atoms with E-state index in [1.54, 1.807) is 11.2 Å². The quantitative estimate of drug-likeness (QED) is 0.833. The minimum atomic E-state index is -3.03. The molecule has 0 aromatic heterocycles. The van der Waals surface area contributed by atoms with Gasteiger partial charge in [0.25, 0.3) is 0 Å². The van der Waals surface area contributed by atoms with Gasteiger partial charge in [-0.05, 0) is 25.0 Å². The van der Waals surface area contributed by atoms with Crippen molar-refractivity contribution in [3.05, 3.63) is 48.4 Å². The summed E-state index contributed by atoms with van der Waals surface area (Å²) in [7, 11) is -3.03. The van der Waals surface area contributed by atoms with Gasteiger partial charge in [-0.1, -0.05) is 36.4 Å². The van der Waals surface area contributed by atoms with Gasteiger partial charge < -0.3 is 0 Å². The van der Waals surface area contributed by atoms with Crippen LogP contribution in [0.4, 0.5) is 0 Å². The van der Waals surface area contributed by atoms with Crippen LogP contribution in [0.25, 0.3) is 6.08 Å². The predicted octanol–water partition coefficient (Wildman–Crippen LogP) is 1.85. The zero-order valence-corrected chi connectivity index (χ0v) is 13.3. The van der Waals surface area contributed by atoms with E-state index in [0.717, 1.165) is 30.8 Å². The van der Waals surface area contributed by atoms with E-state index in [4.69, 9.17) is 0 Å². The van der Waals surface area contributed by atoms with Crippen molar-refractivity contribution in [3.63, 3.8) is 0 Å². The van der Waals surface area contributed by atoms with Crippen LogP contribution >= 0.6 is 0 Å².